The minimum Gasteiger partial charge on any atom is -0.368 e. The summed E-state index contributed by atoms with van der Waals surface area (Å²) in [5.41, 5.74) is 11.7. The minimum absolute atomic E-state index is 0.208. The van der Waals surface area contributed by atoms with E-state index >= 15 is 0 Å². The van der Waals surface area contributed by atoms with Gasteiger partial charge in [0.2, 0.25) is 11.8 Å². The molecule has 1 aromatic carbocycles. The Morgan fingerprint density at radius 2 is 2.07 bits per heavy atom. The number of thiazole rings is 1. The van der Waals surface area contributed by atoms with E-state index in [1.807, 2.05) is 12.1 Å². The molecule has 1 fully saturated rings. The topological polar surface area (TPSA) is 111 Å². The monoisotopic (exact) mass is 450 g/mol. The van der Waals surface area contributed by atoms with Gasteiger partial charge in [0.1, 0.15) is 5.54 Å². The third-order valence-electron chi connectivity index (χ3n) is 6.27. The van der Waals surface area contributed by atoms with Crippen LogP contribution < -0.4 is 16.8 Å². The largest absolute Gasteiger partial charge is 0.368 e. The highest BCUT2D eigenvalue weighted by molar-refractivity contribution is 7.18. The van der Waals surface area contributed by atoms with Crippen LogP contribution in [0.15, 0.2) is 18.2 Å². The van der Waals surface area contributed by atoms with E-state index in [2.05, 4.69) is 10.3 Å². The molecule has 2 atom stereocenters. The predicted molar refractivity (Wildman–Crippen MR) is 122 cm³/mol. The Kier molecular flexibility index (Phi) is 7.71. The van der Waals surface area contributed by atoms with E-state index in [9.17, 15) is 9.59 Å². The lowest BCUT2D eigenvalue weighted by Gasteiger charge is -2.40. The van der Waals surface area contributed by atoms with E-state index in [1.54, 1.807) is 13.0 Å². The Morgan fingerprint density at radius 1 is 1.33 bits per heavy atom. The van der Waals surface area contributed by atoms with Crippen LogP contribution in [0.25, 0.3) is 10.2 Å². The third-order valence-corrected chi connectivity index (χ3v) is 7.53. The van der Waals surface area contributed by atoms with Crippen LogP contribution in [0.2, 0.25) is 5.02 Å². The summed E-state index contributed by atoms with van der Waals surface area (Å²) in [6, 6.07) is 5.51. The van der Waals surface area contributed by atoms with Crippen LogP contribution in [0.4, 0.5) is 0 Å². The van der Waals surface area contributed by atoms with Crippen molar-refractivity contribution in [1.29, 1.82) is 0 Å². The molecular formula is C22H31ClN4O2S. The maximum Gasteiger partial charge on any atom is 0.243 e. The number of nitrogens with two attached hydrogens (primary N) is 2. The van der Waals surface area contributed by atoms with Crippen LogP contribution >= 0.6 is 22.9 Å². The number of hydrogen-bond acceptors (Lipinski definition) is 5. The lowest BCUT2D eigenvalue weighted by atomic mass is 9.72. The number of nitrogens with one attached hydrogen (secondary N) is 1. The number of halogens is 1. The van der Waals surface area contributed by atoms with Gasteiger partial charge in [-0.15, -0.1) is 11.3 Å². The fourth-order valence-corrected chi connectivity index (χ4v) is 5.90. The molecule has 0 spiro atoms. The van der Waals surface area contributed by atoms with E-state index in [0.29, 0.717) is 10.9 Å². The number of carbonyl (C=O) groups excluding carboxylic acids is 2. The lowest BCUT2D eigenvalue weighted by molar-refractivity contribution is -0.134. The maximum atomic E-state index is 12.9. The number of aromatic nitrogens is 1. The number of hydrogen-bond donors (Lipinski definition) is 3. The van der Waals surface area contributed by atoms with Gasteiger partial charge in [-0.25, -0.2) is 4.98 Å². The molecule has 3 rings (SSSR count). The summed E-state index contributed by atoms with van der Waals surface area (Å²) in [5.74, 6) is -0.504. The summed E-state index contributed by atoms with van der Waals surface area (Å²) in [6.07, 6.45) is 7.20. The van der Waals surface area contributed by atoms with Crippen molar-refractivity contribution in [3.05, 3.63) is 28.2 Å². The summed E-state index contributed by atoms with van der Waals surface area (Å²) in [5, 5.41) is 4.35. The van der Waals surface area contributed by atoms with Crippen LogP contribution in [-0.4, -0.2) is 28.9 Å². The zero-order valence-electron chi connectivity index (χ0n) is 17.5. The molecule has 0 bridgehead atoms. The number of benzene rings is 1. The van der Waals surface area contributed by atoms with Gasteiger partial charge in [-0.2, -0.15) is 0 Å². The molecule has 1 heterocycles. The Hall–Kier alpha value is -1.70. The predicted octanol–water partition coefficient (Wildman–Crippen LogP) is 3.79. The average molecular weight is 451 g/mol. The van der Waals surface area contributed by atoms with Crippen molar-refractivity contribution in [2.24, 2.45) is 23.3 Å². The highest BCUT2D eigenvalue weighted by Gasteiger charge is 2.46. The highest BCUT2D eigenvalue weighted by atomic mass is 35.5. The van der Waals surface area contributed by atoms with Gasteiger partial charge in [0.05, 0.1) is 15.2 Å². The van der Waals surface area contributed by atoms with Gasteiger partial charge in [-0.1, -0.05) is 50.6 Å². The van der Waals surface area contributed by atoms with Crippen molar-refractivity contribution in [1.82, 2.24) is 10.3 Å². The smallest absolute Gasteiger partial charge is 0.243 e. The normalized spacial score (nSPS) is 18.1. The molecule has 8 heteroatoms. The first kappa shape index (κ1) is 23.0. The first-order valence-electron chi connectivity index (χ1n) is 10.7. The second kappa shape index (κ2) is 10.1. The molecule has 0 saturated heterocycles. The van der Waals surface area contributed by atoms with E-state index < -0.39 is 11.4 Å². The first-order chi connectivity index (χ1) is 14.4. The highest BCUT2D eigenvalue weighted by Crippen LogP contribution is 2.36. The van der Waals surface area contributed by atoms with E-state index in [4.69, 9.17) is 23.1 Å². The number of nitrogens with zero attached hydrogens (tertiary/aromatic N) is 1. The van der Waals surface area contributed by atoms with Crippen molar-refractivity contribution < 1.29 is 9.59 Å². The minimum atomic E-state index is -1.25. The molecule has 1 unspecified atom stereocenters. The summed E-state index contributed by atoms with van der Waals surface area (Å²) < 4.78 is 0.939. The van der Waals surface area contributed by atoms with E-state index in [-0.39, 0.29) is 31.2 Å². The summed E-state index contributed by atoms with van der Waals surface area (Å²) >= 11 is 7.58. The summed E-state index contributed by atoms with van der Waals surface area (Å²) in [6.45, 7) is 2.04. The molecule has 30 heavy (non-hydrogen) atoms. The van der Waals surface area contributed by atoms with Gasteiger partial charge >= 0.3 is 0 Å². The van der Waals surface area contributed by atoms with Crippen molar-refractivity contribution in [3.8, 4) is 0 Å². The molecule has 164 valence electrons. The molecule has 1 aliphatic carbocycles. The summed E-state index contributed by atoms with van der Waals surface area (Å²) in [7, 11) is 0. The lowest BCUT2D eigenvalue weighted by Crippen LogP contribution is -2.65. The van der Waals surface area contributed by atoms with E-state index in [1.165, 1.54) is 30.6 Å². The third kappa shape index (κ3) is 5.13. The summed E-state index contributed by atoms with van der Waals surface area (Å²) in [4.78, 5) is 30.0. The molecule has 1 aromatic heterocycles. The quantitative estimate of drug-likeness (QED) is 0.539. The van der Waals surface area contributed by atoms with Gasteiger partial charge in [-0.3, -0.25) is 9.59 Å². The zero-order chi connectivity index (χ0) is 21.7. The Morgan fingerprint density at radius 3 is 2.70 bits per heavy atom. The van der Waals surface area contributed by atoms with Crippen molar-refractivity contribution in [3.63, 3.8) is 0 Å². The Labute approximate surface area is 186 Å². The number of primary amides is 1. The van der Waals surface area contributed by atoms with Crippen LogP contribution in [0.1, 0.15) is 56.9 Å². The van der Waals surface area contributed by atoms with Crippen LogP contribution in [0, 0.1) is 11.8 Å². The molecule has 6 nitrogen and oxygen atoms in total. The number of carbonyl (C=O) groups is 2. The Balaban J connectivity index is 1.97. The SMILES string of the molecule is CCC(=O)NC(Cc1nc2ccc(Cl)cc2s1)(C(N)=O)[C@H](CN)CC1CCCCC1. The second-order valence-electron chi connectivity index (χ2n) is 8.31. The van der Waals surface area contributed by atoms with Crippen molar-refractivity contribution in [2.75, 3.05) is 6.54 Å². The van der Waals surface area contributed by atoms with Gasteiger partial charge in [0.15, 0.2) is 0 Å². The molecule has 0 aliphatic heterocycles. The van der Waals surface area contributed by atoms with Crippen LogP contribution in [0.5, 0.6) is 0 Å². The maximum absolute atomic E-state index is 12.9. The van der Waals surface area contributed by atoms with E-state index in [0.717, 1.165) is 34.5 Å². The molecule has 1 aliphatic rings. The number of amides is 2. The fourth-order valence-electron chi connectivity index (χ4n) is 4.56. The molecule has 2 amide bonds. The fraction of sp³-hybridized carbons (Fsp3) is 0.591. The second-order valence-corrected chi connectivity index (χ2v) is 9.86. The molecular weight excluding hydrogens is 420 g/mol. The van der Waals surface area contributed by atoms with Gasteiger partial charge in [0.25, 0.3) is 0 Å². The zero-order valence-corrected chi connectivity index (χ0v) is 19.0. The van der Waals surface area contributed by atoms with Crippen molar-refractivity contribution >= 4 is 45.0 Å². The van der Waals surface area contributed by atoms with Gasteiger partial charge in [0, 0.05) is 23.8 Å². The first-order valence-corrected chi connectivity index (χ1v) is 11.9. The molecule has 1 saturated carbocycles. The number of rotatable bonds is 9. The molecule has 0 radical (unpaired) electrons. The number of fused-ring (bicyclic) bond motifs is 1. The van der Waals surface area contributed by atoms with Crippen molar-refractivity contribution in [2.45, 2.75) is 63.8 Å². The van der Waals surface area contributed by atoms with Crippen LogP contribution in [-0.2, 0) is 16.0 Å². The Bertz CT molecular complexity index is 896. The van der Waals surface area contributed by atoms with Crippen LogP contribution in [0.3, 0.4) is 0 Å². The molecule has 2 aromatic rings. The molecule has 5 N–H and O–H groups in total. The standard InChI is InChI=1S/C22H31ClN4O2S/c1-2-19(28)27-22(21(25)29,15(13-24)10-14-6-4-3-5-7-14)12-20-26-17-9-8-16(23)11-18(17)30-20/h8-9,11,14-15H,2-7,10,12-13,24H2,1H3,(H2,25,29)(H,27,28)/t15-,22?/m0/s1. The van der Waals surface area contributed by atoms with Gasteiger partial charge < -0.3 is 16.8 Å². The van der Waals surface area contributed by atoms with Gasteiger partial charge in [-0.05, 0) is 37.1 Å². The average Bonchev–Trinajstić information content (AvgIpc) is 3.13.